The maximum Gasteiger partial charge on any atom is 0.0419 e. The third-order valence-electron chi connectivity index (χ3n) is 3.29. The van der Waals surface area contributed by atoms with Crippen LogP contribution in [0.4, 0.5) is 0 Å². The van der Waals surface area contributed by atoms with Crippen LogP contribution in [-0.4, -0.2) is 10.4 Å². The summed E-state index contributed by atoms with van der Waals surface area (Å²) in [6, 6.07) is 6.05. The molecule has 0 amide bonds. The molecule has 1 aliphatic carbocycles. The summed E-state index contributed by atoms with van der Waals surface area (Å²) in [7, 11) is 0. The van der Waals surface area contributed by atoms with Crippen LogP contribution < -0.4 is 0 Å². The number of rotatable bonds is 3. The van der Waals surface area contributed by atoms with E-state index in [2.05, 4.69) is 11.1 Å². The van der Waals surface area contributed by atoms with Gasteiger partial charge >= 0.3 is 0 Å². The van der Waals surface area contributed by atoms with E-state index in [1.807, 2.05) is 18.3 Å². The van der Waals surface area contributed by atoms with E-state index in [1.54, 1.807) is 0 Å². The fourth-order valence-electron chi connectivity index (χ4n) is 2.38. The van der Waals surface area contributed by atoms with Gasteiger partial charge in [0.1, 0.15) is 0 Å². The summed E-state index contributed by atoms with van der Waals surface area (Å²) in [5.41, 5.74) is 1.13. The Hall–Kier alpha value is -0.560. The van der Waals surface area contributed by atoms with Crippen LogP contribution in [0.3, 0.4) is 0 Å². The van der Waals surface area contributed by atoms with Crippen LogP contribution in [0.25, 0.3) is 0 Å². The van der Waals surface area contributed by atoms with Gasteiger partial charge in [-0.15, -0.1) is 11.6 Å². The average molecular weight is 224 g/mol. The first kappa shape index (κ1) is 10.9. The fraction of sp³-hybridized carbons (Fsp3) is 0.615. The number of hydrogen-bond donors (Lipinski definition) is 0. The molecule has 2 heteroatoms. The Bertz CT molecular complexity index is 280. The number of hydrogen-bond acceptors (Lipinski definition) is 1. The van der Waals surface area contributed by atoms with E-state index >= 15 is 0 Å². The maximum absolute atomic E-state index is 6.45. The molecule has 1 atom stereocenters. The number of pyridine rings is 1. The largest absolute Gasteiger partial charge is 0.261 e. The Morgan fingerprint density at radius 3 is 2.73 bits per heavy atom. The predicted octanol–water partition coefficient (Wildman–Crippen LogP) is 3.81. The van der Waals surface area contributed by atoms with Crippen LogP contribution in [0, 0.1) is 5.92 Å². The van der Waals surface area contributed by atoms with Gasteiger partial charge in [0, 0.05) is 23.7 Å². The van der Waals surface area contributed by atoms with Gasteiger partial charge in [0.25, 0.3) is 0 Å². The summed E-state index contributed by atoms with van der Waals surface area (Å²) in [6.07, 6.45) is 9.49. The maximum atomic E-state index is 6.45. The number of aromatic nitrogens is 1. The highest BCUT2D eigenvalue weighted by molar-refractivity contribution is 6.20. The summed E-state index contributed by atoms with van der Waals surface area (Å²) in [4.78, 5) is 4.33. The first-order valence-corrected chi connectivity index (χ1v) is 6.34. The molecule has 0 radical (unpaired) electrons. The molecule has 1 heterocycles. The van der Waals surface area contributed by atoms with E-state index in [4.69, 9.17) is 11.6 Å². The first-order chi connectivity index (χ1) is 7.36. The summed E-state index contributed by atoms with van der Waals surface area (Å²) < 4.78 is 0. The first-order valence-electron chi connectivity index (χ1n) is 5.90. The second-order valence-corrected chi connectivity index (χ2v) is 5.00. The van der Waals surface area contributed by atoms with Crippen LogP contribution in [0.2, 0.25) is 0 Å². The van der Waals surface area contributed by atoms with E-state index in [-0.39, 0.29) is 5.38 Å². The molecule has 1 nitrogen and oxygen atoms in total. The van der Waals surface area contributed by atoms with Crippen molar-refractivity contribution in [3.05, 3.63) is 30.1 Å². The molecule has 15 heavy (non-hydrogen) atoms. The molecular weight excluding hydrogens is 206 g/mol. The standard InChI is InChI=1S/C13H18ClN/c14-13(11-6-2-1-3-7-11)10-12-8-4-5-9-15-12/h4-5,8-9,11,13H,1-3,6-7,10H2. The summed E-state index contributed by atoms with van der Waals surface area (Å²) in [5, 5.41) is 0.278. The number of nitrogens with zero attached hydrogens (tertiary/aromatic N) is 1. The van der Waals surface area contributed by atoms with Gasteiger partial charge in [-0.1, -0.05) is 25.3 Å². The van der Waals surface area contributed by atoms with Gasteiger partial charge in [-0.05, 0) is 30.9 Å². The minimum atomic E-state index is 0.278. The topological polar surface area (TPSA) is 12.9 Å². The van der Waals surface area contributed by atoms with Crippen molar-refractivity contribution in [3.63, 3.8) is 0 Å². The quantitative estimate of drug-likeness (QED) is 0.711. The van der Waals surface area contributed by atoms with Gasteiger partial charge in [0.15, 0.2) is 0 Å². The molecule has 1 fully saturated rings. The average Bonchev–Trinajstić information content (AvgIpc) is 2.31. The lowest BCUT2D eigenvalue weighted by atomic mass is 9.85. The Labute approximate surface area is 96.9 Å². The van der Waals surface area contributed by atoms with Crippen LogP contribution in [0.15, 0.2) is 24.4 Å². The molecule has 0 aliphatic heterocycles. The van der Waals surface area contributed by atoms with Gasteiger partial charge in [0.05, 0.1) is 0 Å². The Morgan fingerprint density at radius 2 is 2.07 bits per heavy atom. The minimum Gasteiger partial charge on any atom is -0.261 e. The molecule has 2 rings (SSSR count). The van der Waals surface area contributed by atoms with Crippen molar-refractivity contribution in [2.24, 2.45) is 5.92 Å². The van der Waals surface area contributed by atoms with E-state index in [0.29, 0.717) is 5.92 Å². The third-order valence-corrected chi connectivity index (χ3v) is 3.80. The van der Waals surface area contributed by atoms with Crippen LogP contribution in [-0.2, 0) is 6.42 Å². The highest BCUT2D eigenvalue weighted by Crippen LogP contribution is 2.30. The molecular formula is C13H18ClN. The molecule has 0 aromatic carbocycles. The second-order valence-electron chi connectivity index (χ2n) is 4.44. The molecule has 1 unspecified atom stereocenters. The number of halogens is 1. The van der Waals surface area contributed by atoms with Gasteiger partial charge in [0.2, 0.25) is 0 Å². The zero-order valence-electron chi connectivity index (χ0n) is 9.03. The Kier molecular flexibility index (Phi) is 4.01. The zero-order chi connectivity index (χ0) is 10.5. The minimum absolute atomic E-state index is 0.278. The number of alkyl halides is 1. The van der Waals surface area contributed by atoms with E-state index < -0.39 is 0 Å². The predicted molar refractivity (Wildman–Crippen MR) is 64.2 cm³/mol. The van der Waals surface area contributed by atoms with Gasteiger partial charge < -0.3 is 0 Å². The lowest BCUT2D eigenvalue weighted by Crippen LogP contribution is -2.20. The molecule has 1 aromatic rings. The molecule has 1 aliphatic rings. The highest BCUT2D eigenvalue weighted by atomic mass is 35.5. The molecule has 82 valence electrons. The fourth-order valence-corrected chi connectivity index (χ4v) is 2.79. The normalized spacial score (nSPS) is 20.1. The van der Waals surface area contributed by atoms with Crippen LogP contribution in [0.1, 0.15) is 37.8 Å². The molecule has 1 saturated carbocycles. The highest BCUT2D eigenvalue weighted by Gasteiger charge is 2.22. The zero-order valence-corrected chi connectivity index (χ0v) is 9.79. The van der Waals surface area contributed by atoms with Crippen molar-refractivity contribution in [2.45, 2.75) is 43.9 Å². The van der Waals surface area contributed by atoms with Crippen molar-refractivity contribution in [3.8, 4) is 0 Å². The van der Waals surface area contributed by atoms with E-state index in [1.165, 1.54) is 32.1 Å². The van der Waals surface area contributed by atoms with Crippen molar-refractivity contribution in [1.82, 2.24) is 4.98 Å². The summed E-state index contributed by atoms with van der Waals surface area (Å²) in [5.74, 6) is 0.711. The van der Waals surface area contributed by atoms with E-state index in [0.717, 1.165) is 12.1 Å². The van der Waals surface area contributed by atoms with Crippen molar-refractivity contribution in [1.29, 1.82) is 0 Å². The Morgan fingerprint density at radius 1 is 1.27 bits per heavy atom. The molecule has 0 bridgehead atoms. The van der Waals surface area contributed by atoms with Gasteiger partial charge in [-0.2, -0.15) is 0 Å². The molecule has 0 spiro atoms. The molecule has 0 saturated heterocycles. The molecule has 0 N–H and O–H groups in total. The van der Waals surface area contributed by atoms with Crippen molar-refractivity contribution < 1.29 is 0 Å². The summed E-state index contributed by atoms with van der Waals surface area (Å²) in [6.45, 7) is 0. The third kappa shape index (κ3) is 3.20. The summed E-state index contributed by atoms with van der Waals surface area (Å²) >= 11 is 6.45. The monoisotopic (exact) mass is 223 g/mol. The van der Waals surface area contributed by atoms with Crippen LogP contribution in [0.5, 0.6) is 0 Å². The van der Waals surface area contributed by atoms with Gasteiger partial charge in [-0.25, -0.2) is 0 Å². The lowest BCUT2D eigenvalue weighted by Gasteiger charge is -2.25. The lowest BCUT2D eigenvalue weighted by molar-refractivity contribution is 0.343. The Balaban J connectivity index is 1.88. The SMILES string of the molecule is ClC(Cc1ccccn1)C1CCCCC1. The smallest absolute Gasteiger partial charge is 0.0419 e. The second kappa shape index (κ2) is 5.50. The van der Waals surface area contributed by atoms with Crippen LogP contribution >= 0.6 is 11.6 Å². The van der Waals surface area contributed by atoms with Crippen molar-refractivity contribution in [2.75, 3.05) is 0 Å². The van der Waals surface area contributed by atoms with E-state index in [9.17, 15) is 0 Å². The molecule has 1 aromatic heterocycles. The van der Waals surface area contributed by atoms with Crippen molar-refractivity contribution >= 4 is 11.6 Å². The van der Waals surface area contributed by atoms with Gasteiger partial charge in [-0.3, -0.25) is 4.98 Å².